The first-order valence-corrected chi connectivity index (χ1v) is 8.68. The molecule has 4 unspecified atom stereocenters. The summed E-state index contributed by atoms with van der Waals surface area (Å²) in [6, 6.07) is 7.63. The molecule has 2 fully saturated rings. The summed E-state index contributed by atoms with van der Waals surface area (Å²) in [5.74, 6) is 0.722. The van der Waals surface area contributed by atoms with E-state index in [4.69, 9.17) is 16.3 Å². The summed E-state index contributed by atoms with van der Waals surface area (Å²) in [5.41, 5.74) is 0.706. The second-order valence-electron chi connectivity index (χ2n) is 6.12. The summed E-state index contributed by atoms with van der Waals surface area (Å²) in [6.07, 6.45) is 3.29. The maximum atomic E-state index is 10.3. The largest absolute Gasteiger partial charge is 0.386 e. The predicted octanol–water partition coefficient (Wildman–Crippen LogP) is 2.25. The number of halogens is 1. The first-order valence-electron chi connectivity index (χ1n) is 8.30. The fourth-order valence-electron chi connectivity index (χ4n) is 3.31. The Bertz CT molecular complexity index is 567. The van der Waals surface area contributed by atoms with Crippen LogP contribution in [0.2, 0.25) is 5.02 Å². The predicted molar refractivity (Wildman–Crippen MR) is 91.8 cm³/mol. The van der Waals surface area contributed by atoms with Gasteiger partial charge in [0.15, 0.2) is 5.96 Å². The van der Waals surface area contributed by atoms with Crippen molar-refractivity contribution in [3.05, 3.63) is 34.9 Å². The third kappa shape index (κ3) is 3.97. The van der Waals surface area contributed by atoms with Crippen LogP contribution in [-0.4, -0.2) is 42.4 Å². The van der Waals surface area contributed by atoms with Gasteiger partial charge in [-0.25, -0.2) is 0 Å². The van der Waals surface area contributed by atoms with Gasteiger partial charge in [0.25, 0.3) is 0 Å². The van der Waals surface area contributed by atoms with E-state index in [0.29, 0.717) is 22.7 Å². The van der Waals surface area contributed by atoms with Crippen molar-refractivity contribution < 1.29 is 9.84 Å². The van der Waals surface area contributed by atoms with Crippen molar-refractivity contribution in [2.45, 2.75) is 50.5 Å². The Morgan fingerprint density at radius 2 is 2.26 bits per heavy atom. The van der Waals surface area contributed by atoms with Gasteiger partial charge in [0.05, 0.1) is 24.8 Å². The number of rotatable bonds is 5. The quantitative estimate of drug-likeness (QED) is 0.569. The molecule has 4 atom stereocenters. The molecule has 6 heteroatoms. The van der Waals surface area contributed by atoms with Crippen molar-refractivity contribution in [1.82, 2.24) is 10.6 Å². The van der Waals surface area contributed by atoms with Crippen LogP contribution in [0.4, 0.5) is 0 Å². The molecule has 0 aliphatic carbocycles. The van der Waals surface area contributed by atoms with Crippen molar-refractivity contribution in [1.29, 1.82) is 0 Å². The zero-order valence-corrected chi connectivity index (χ0v) is 14.1. The lowest BCUT2D eigenvalue weighted by Gasteiger charge is -2.23. The molecule has 23 heavy (non-hydrogen) atoms. The summed E-state index contributed by atoms with van der Waals surface area (Å²) in [7, 11) is 0. The molecule has 1 aromatic rings. The van der Waals surface area contributed by atoms with Gasteiger partial charge in [0.2, 0.25) is 0 Å². The number of hydrogen-bond acceptors (Lipinski definition) is 3. The molecule has 0 saturated carbocycles. The second kappa shape index (κ2) is 7.51. The molecule has 3 rings (SSSR count). The van der Waals surface area contributed by atoms with Crippen LogP contribution in [0.15, 0.2) is 29.3 Å². The number of nitrogens with zero attached hydrogens (tertiary/aromatic N) is 1. The number of nitrogens with one attached hydrogen (secondary N) is 2. The van der Waals surface area contributed by atoms with Gasteiger partial charge in [-0.1, -0.05) is 29.8 Å². The molecule has 2 heterocycles. The van der Waals surface area contributed by atoms with Crippen LogP contribution in [0.25, 0.3) is 0 Å². The molecule has 1 aromatic carbocycles. The summed E-state index contributed by atoms with van der Waals surface area (Å²) in [5, 5.41) is 17.5. The molecule has 2 bridgehead atoms. The fraction of sp³-hybridized carbons (Fsp3) is 0.588. The van der Waals surface area contributed by atoms with E-state index in [0.717, 1.165) is 25.3 Å². The Balaban J connectivity index is 1.61. The number of fused-ring (bicyclic) bond motifs is 2. The summed E-state index contributed by atoms with van der Waals surface area (Å²) in [4.78, 5) is 4.51. The summed E-state index contributed by atoms with van der Waals surface area (Å²) >= 11 is 6.12. The van der Waals surface area contributed by atoms with Gasteiger partial charge in [0, 0.05) is 17.1 Å². The van der Waals surface area contributed by atoms with E-state index in [1.54, 1.807) is 6.07 Å². The molecule has 5 nitrogen and oxygen atoms in total. The topological polar surface area (TPSA) is 65.9 Å². The molecular weight excluding hydrogens is 314 g/mol. The summed E-state index contributed by atoms with van der Waals surface area (Å²) < 4.78 is 5.86. The maximum absolute atomic E-state index is 10.3. The van der Waals surface area contributed by atoms with Gasteiger partial charge >= 0.3 is 0 Å². The molecule has 2 aliphatic heterocycles. The van der Waals surface area contributed by atoms with Crippen LogP contribution < -0.4 is 10.6 Å². The molecule has 126 valence electrons. The van der Waals surface area contributed by atoms with Crippen LogP contribution in [0.5, 0.6) is 0 Å². The molecule has 0 spiro atoms. The average molecular weight is 338 g/mol. The van der Waals surface area contributed by atoms with Gasteiger partial charge in [-0.2, -0.15) is 0 Å². The highest BCUT2D eigenvalue weighted by molar-refractivity contribution is 6.31. The normalized spacial score (nSPS) is 28.0. The van der Waals surface area contributed by atoms with E-state index in [9.17, 15) is 5.11 Å². The highest BCUT2D eigenvalue weighted by Crippen LogP contribution is 2.34. The minimum atomic E-state index is -0.713. The Morgan fingerprint density at radius 1 is 1.43 bits per heavy atom. The Labute approximate surface area is 142 Å². The van der Waals surface area contributed by atoms with Crippen molar-refractivity contribution in [3.8, 4) is 0 Å². The third-order valence-corrected chi connectivity index (χ3v) is 4.80. The van der Waals surface area contributed by atoms with Crippen molar-refractivity contribution in [2.24, 2.45) is 4.99 Å². The minimum Gasteiger partial charge on any atom is -0.386 e. The van der Waals surface area contributed by atoms with Crippen LogP contribution >= 0.6 is 11.6 Å². The number of guanidine groups is 1. The van der Waals surface area contributed by atoms with Gasteiger partial charge in [-0.15, -0.1) is 0 Å². The molecule has 0 radical (unpaired) electrons. The average Bonchev–Trinajstić information content (AvgIpc) is 3.16. The number of aliphatic imine (C=N–C) groups is 1. The van der Waals surface area contributed by atoms with Crippen LogP contribution in [0, 0.1) is 0 Å². The fourth-order valence-corrected chi connectivity index (χ4v) is 3.57. The zero-order valence-electron chi connectivity index (χ0n) is 13.3. The van der Waals surface area contributed by atoms with E-state index in [1.165, 1.54) is 6.42 Å². The minimum absolute atomic E-state index is 0.265. The van der Waals surface area contributed by atoms with Crippen molar-refractivity contribution in [2.75, 3.05) is 13.1 Å². The number of hydrogen-bond donors (Lipinski definition) is 3. The first-order chi connectivity index (χ1) is 11.2. The number of benzene rings is 1. The monoisotopic (exact) mass is 337 g/mol. The van der Waals surface area contributed by atoms with E-state index in [1.807, 2.05) is 25.1 Å². The van der Waals surface area contributed by atoms with Crippen LogP contribution in [0.3, 0.4) is 0 Å². The lowest BCUT2D eigenvalue weighted by atomic mass is 9.96. The van der Waals surface area contributed by atoms with E-state index < -0.39 is 6.10 Å². The van der Waals surface area contributed by atoms with Crippen LogP contribution in [-0.2, 0) is 4.74 Å². The maximum Gasteiger partial charge on any atom is 0.191 e. The number of aliphatic hydroxyl groups is 1. The van der Waals surface area contributed by atoms with E-state index in [-0.39, 0.29) is 12.6 Å². The van der Waals surface area contributed by atoms with Gasteiger partial charge in [0.1, 0.15) is 6.10 Å². The van der Waals surface area contributed by atoms with Crippen LogP contribution in [0.1, 0.15) is 37.9 Å². The van der Waals surface area contributed by atoms with Gasteiger partial charge < -0.3 is 20.5 Å². The van der Waals surface area contributed by atoms with Gasteiger partial charge in [-0.3, -0.25) is 4.99 Å². The zero-order chi connectivity index (χ0) is 16.2. The molecule has 0 amide bonds. The molecule has 2 saturated heterocycles. The highest BCUT2D eigenvalue weighted by atomic mass is 35.5. The lowest BCUT2D eigenvalue weighted by Crippen LogP contribution is -2.47. The van der Waals surface area contributed by atoms with Gasteiger partial charge in [-0.05, 0) is 32.3 Å². The van der Waals surface area contributed by atoms with E-state index >= 15 is 0 Å². The molecular formula is C17H24ClN3O2. The third-order valence-electron chi connectivity index (χ3n) is 4.46. The molecule has 2 aliphatic rings. The van der Waals surface area contributed by atoms with Crippen molar-refractivity contribution >= 4 is 17.6 Å². The Morgan fingerprint density at radius 3 is 2.91 bits per heavy atom. The molecule has 3 N–H and O–H groups in total. The van der Waals surface area contributed by atoms with Crippen molar-refractivity contribution in [3.63, 3.8) is 0 Å². The smallest absolute Gasteiger partial charge is 0.191 e. The second-order valence-corrected chi connectivity index (χ2v) is 6.52. The SMILES string of the molecule is CCNC(=NCC(O)c1ccccc1Cl)NC1CC2CCC1O2. The Kier molecular flexibility index (Phi) is 5.41. The lowest BCUT2D eigenvalue weighted by molar-refractivity contribution is 0.0992. The highest BCUT2D eigenvalue weighted by Gasteiger charge is 2.41. The standard InChI is InChI=1S/C17H24ClN3O2/c1-2-19-17(21-14-9-11-7-8-16(14)23-11)20-10-15(22)12-5-3-4-6-13(12)18/h3-6,11,14-16,22H,2,7-10H2,1H3,(H2,19,20,21). The Hall–Kier alpha value is -1.30. The van der Waals surface area contributed by atoms with E-state index in [2.05, 4.69) is 15.6 Å². The number of aliphatic hydroxyl groups excluding tert-OH is 1. The number of ether oxygens (including phenoxy) is 1. The first kappa shape index (κ1) is 16.6. The summed E-state index contributed by atoms with van der Waals surface area (Å²) in [6.45, 7) is 3.06. The molecule has 0 aromatic heterocycles.